The third kappa shape index (κ3) is 70.6. The predicted octanol–water partition coefficient (Wildman–Crippen LogP) is 23.2. The molecule has 0 aromatic carbocycles. The van der Waals surface area contributed by atoms with Gasteiger partial charge in [-0.15, -0.1) is 0 Å². The second kappa shape index (κ2) is 71.5. The van der Waals surface area contributed by atoms with Gasteiger partial charge in [0.2, 0.25) is 0 Å². The van der Waals surface area contributed by atoms with Crippen LogP contribution in [0.15, 0.2) is 24.3 Å². The number of rotatable bonds is 77. The van der Waals surface area contributed by atoms with Crippen LogP contribution in [0.2, 0.25) is 0 Å². The molecule has 0 aromatic rings. The lowest BCUT2D eigenvalue weighted by Gasteiger charge is -2.21. The van der Waals surface area contributed by atoms with E-state index in [2.05, 4.69) is 58.9 Å². The average Bonchev–Trinajstić information content (AvgIpc) is 0.980. The van der Waals surface area contributed by atoms with E-state index in [0.717, 1.165) is 121 Å². The second-order valence-corrected chi connectivity index (χ2v) is 30.9. The van der Waals surface area contributed by atoms with Gasteiger partial charge in [-0.1, -0.05) is 341 Å². The molecule has 3 N–H and O–H groups in total. The molecule has 0 aliphatic carbocycles. The highest BCUT2D eigenvalue weighted by Crippen LogP contribution is 2.45. The first-order chi connectivity index (χ1) is 47.6. The van der Waals surface area contributed by atoms with E-state index in [9.17, 15) is 43.2 Å². The molecule has 19 heteroatoms. The molecule has 578 valence electrons. The van der Waals surface area contributed by atoms with Crippen LogP contribution in [-0.4, -0.2) is 96.7 Å². The molecule has 0 aliphatic rings. The molecule has 3 unspecified atom stereocenters. The Kier molecular flexibility index (Phi) is 69.7. The van der Waals surface area contributed by atoms with Crippen LogP contribution in [0.3, 0.4) is 0 Å². The van der Waals surface area contributed by atoms with Crippen molar-refractivity contribution in [3.8, 4) is 0 Å². The molecule has 6 atom stereocenters. The predicted molar refractivity (Wildman–Crippen MR) is 400 cm³/mol. The van der Waals surface area contributed by atoms with Gasteiger partial charge in [0.25, 0.3) is 0 Å². The van der Waals surface area contributed by atoms with Gasteiger partial charge in [-0.2, -0.15) is 0 Å². The van der Waals surface area contributed by atoms with Gasteiger partial charge in [0, 0.05) is 25.7 Å². The van der Waals surface area contributed by atoms with Gasteiger partial charge in [0.15, 0.2) is 12.2 Å². The van der Waals surface area contributed by atoms with Crippen LogP contribution in [-0.2, 0) is 65.4 Å². The van der Waals surface area contributed by atoms with Crippen LogP contribution in [0, 0.1) is 5.92 Å². The number of carbonyl (C=O) groups is 4. The normalized spacial score (nSPS) is 14.3. The number of phosphoric ester groups is 2. The maximum absolute atomic E-state index is 13.1. The molecule has 0 aromatic heterocycles. The Labute approximate surface area is 599 Å². The van der Waals surface area contributed by atoms with E-state index in [0.29, 0.717) is 25.7 Å². The molecule has 0 saturated heterocycles. The summed E-state index contributed by atoms with van der Waals surface area (Å²) in [6.07, 6.45) is 64.8. The van der Waals surface area contributed by atoms with Crippen molar-refractivity contribution in [3.05, 3.63) is 24.3 Å². The Morgan fingerprint density at radius 2 is 0.571 bits per heavy atom. The van der Waals surface area contributed by atoms with E-state index < -0.39 is 97.5 Å². The Morgan fingerprint density at radius 1 is 0.327 bits per heavy atom. The molecule has 0 radical (unpaired) electrons. The molecule has 98 heavy (non-hydrogen) atoms. The lowest BCUT2D eigenvalue weighted by Crippen LogP contribution is -2.30. The summed E-state index contributed by atoms with van der Waals surface area (Å²) in [6.45, 7) is 7.19. The van der Waals surface area contributed by atoms with Gasteiger partial charge in [0.1, 0.15) is 19.3 Å². The summed E-state index contributed by atoms with van der Waals surface area (Å²) in [6, 6.07) is 0. The van der Waals surface area contributed by atoms with Crippen molar-refractivity contribution >= 4 is 39.5 Å². The zero-order valence-corrected chi connectivity index (χ0v) is 65.2. The number of allylic oxidation sites excluding steroid dienone is 4. The minimum absolute atomic E-state index is 0.102. The van der Waals surface area contributed by atoms with Crippen LogP contribution in [0.25, 0.3) is 0 Å². The summed E-state index contributed by atoms with van der Waals surface area (Å²) in [4.78, 5) is 72.8. The van der Waals surface area contributed by atoms with Gasteiger partial charge < -0.3 is 33.8 Å². The van der Waals surface area contributed by atoms with Crippen LogP contribution >= 0.6 is 15.6 Å². The van der Waals surface area contributed by atoms with E-state index in [-0.39, 0.29) is 25.7 Å². The van der Waals surface area contributed by atoms with Gasteiger partial charge in [-0.3, -0.25) is 37.3 Å². The zero-order valence-electron chi connectivity index (χ0n) is 63.4. The highest BCUT2D eigenvalue weighted by atomic mass is 31.2. The molecule has 0 spiro atoms. The van der Waals surface area contributed by atoms with E-state index in [1.54, 1.807) is 0 Å². The topological polar surface area (TPSA) is 237 Å². The van der Waals surface area contributed by atoms with Gasteiger partial charge in [-0.05, 0) is 57.3 Å². The average molecular weight is 1430 g/mol. The standard InChI is InChI=1S/C79H150O17P2/c1-6-10-13-16-19-22-25-27-29-30-31-32-33-34-35-37-39-42-45-48-55-60-65-79(84)95-74(68-89-76(81)62-57-52-46-43-41-38-36-28-26-23-20-17-14-11-7-2)70-93-97(85,86)91-66-73(80)67-92-98(87,88)94-71-75(69-90-77(82)63-58-53-50-49-51-56-61-72(5)9-4)96-78(83)64-59-54-47-44-40-24-21-18-15-12-8-3/h23,26,28,36,72-75,80H,6-22,24-25,27,29-35,37-71H2,1-5H3,(H,85,86)(H,87,88)/b26-23-,36-28-/t72?,73-,74-,75-/m1/s1. The number of ether oxygens (including phenoxy) is 4. The van der Waals surface area contributed by atoms with Crippen LogP contribution < -0.4 is 0 Å². The van der Waals surface area contributed by atoms with E-state index in [1.807, 2.05) is 0 Å². The highest BCUT2D eigenvalue weighted by molar-refractivity contribution is 7.47. The van der Waals surface area contributed by atoms with E-state index >= 15 is 0 Å². The van der Waals surface area contributed by atoms with E-state index in [4.69, 9.17) is 37.0 Å². The van der Waals surface area contributed by atoms with E-state index in [1.165, 1.54) is 193 Å². The SMILES string of the molecule is CCCCCC/C=C\C=C/CCCCCCCC(=O)OC[C@H](COP(=O)(O)OC[C@@H](O)COP(=O)(O)OC[C@@H](COC(=O)CCCCCCCCC(C)CC)OC(=O)CCCCCCCCCCCCC)OC(=O)CCCCCCCCCCCCCCCCCCCCCCCC. The number of hydrogen-bond acceptors (Lipinski definition) is 15. The fourth-order valence-corrected chi connectivity index (χ4v) is 13.2. The summed E-state index contributed by atoms with van der Waals surface area (Å²) in [5.41, 5.74) is 0. The third-order valence-electron chi connectivity index (χ3n) is 18.3. The Hall–Kier alpha value is -2.46. The minimum Gasteiger partial charge on any atom is -0.462 e. The smallest absolute Gasteiger partial charge is 0.462 e. The second-order valence-electron chi connectivity index (χ2n) is 28.0. The fourth-order valence-electron chi connectivity index (χ4n) is 11.7. The Balaban J connectivity index is 5.22. The first-order valence-electron chi connectivity index (χ1n) is 40.5. The summed E-state index contributed by atoms with van der Waals surface area (Å²) in [7, 11) is -9.92. The summed E-state index contributed by atoms with van der Waals surface area (Å²) in [5, 5.41) is 10.6. The van der Waals surface area contributed by atoms with Crippen molar-refractivity contribution in [2.24, 2.45) is 5.92 Å². The lowest BCUT2D eigenvalue weighted by molar-refractivity contribution is -0.161. The molecule has 0 aliphatic heterocycles. The highest BCUT2D eigenvalue weighted by Gasteiger charge is 2.30. The van der Waals surface area contributed by atoms with Crippen molar-refractivity contribution in [1.82, 2.24) is 0 Å². The number of aliphatic hydroxyl groups is 1. The first-order valence-corrected chi connectivity index (χ1v) is 43.5. The van der Waals surface area contributed by atoms with Crippen LogP contribution in [0.5, 0.6) is 0 Å². The maximum atomic E-state index is 13.1. The van der Waals surface area contributed by atoms with Crippen LogP contribution in [0.4, 0.5) is 0 Å². The molecular formula is C79H150O17P2. The maximum Gasteiger partial charge on any atom is 0.472 e. The molecule has 0 amide bonds. The van der Waals surface area contributed by atoms with Gasteiger partial charge in [0.05, 0.1) is 26.4 Å². The molecule has 0 rings (SSSR count). The number of esters is 4. The minimum atomic E-state index is -4.97. The van der Waals surface area contributed by atoms with Crippen molar-refractivity contribution < 1.29 is 80.2 Å². The molecule has 0 bridgehead atoms. The summed E-state index contributed by atoms with van der Waals surface area (Å²) >= 11 is 0. The zero-order chi connectivity index (χ0) is 71.9. The van der Waals surface area contributed by atoms with Gasteiger partial charge >= 0.3 is 39.5 Å². The monoisotopic (exact) mass is 1430 g/mol. The Bertz CT molecular complexity index is 1970. The van der Waals surface area contributed by atoms with Crippen molar-refractivity contribution in [2.45, 2.75) is 412 Å². The number of carbonyl (C=O) groups excluding carboxylic acids is 4. The Morgan fingerprint density at radius 3 is 0.867 bits per heavy atom. The fraction of sp³-hybridized carbons (Fsp3) is 0.899. The molecule has 0 heterocycles. The molecule has 0 saturated carbocycles. The number of aliphatic hydroxyl groups excluding tert-OH is 1. The van der Waals surface area contributed by atoms with Crippen molar-refractivity contribution in [2.75, 3.05) is 39.6 Å². The van der Waals surface area contributed by atoms with Crippen molar-refractivity contribution in [1.29, 1.82) is 0 Å². The molecule has 17 nitrogen and oxygen atoms in total. The largest absolute Gasteiger partial charge is 0.472 e. The van der Waals surface area contributed by atoms with Crippen molar-refractivity contribution in [3.63, 3.8) is 0 Å². The third-order valence-corrected chi connectivity index (χ3v) is 20.2. The number of unbranched alkanes of at least 4 members (excludes halogenated alkanes) is 45. The quantitative estimate of drug-likeness (QED) is 0.0169. The molecule has 0 fully saturated rings. The molecular weight excluding hydrogens is 1280 g/mol. The lowest BCUT2D eigenvalue weighted by atomic mass is 10.00. The summed E-state index contributed by atoms with van der Waals surface area (Å²) < 4.78 is 68.5. The number of phosphoric acid groups is 2. The first kappa shape index (κ1) is 95.5. The summed E-state index contributed by atoms with van der Waals surface area (Å²) in [5.74, 6) is -1.41. The number of hydrogen-bond donors (Lipinski definition) is 3. The van der Waals surface area contributed by atoms with Gasteiger partial charge in [-0.25, -0.2) is 9.13 Å². The van der Waals surface area contributed by atoms with Crippen LogP contribution in [0.1, 0.15) is 394 Å².